The van der Waals surface area contributed by atoms with Gasteiger partial charge in [-0.15, -0.1) is 0 Å². The highest BCUT2D eigenvalue weighted by atomic mass is 79.9. The number of hydrogen-bond acceptors (Lipinski definition) is 2. The Balaban J connectivity index is 2.54. The fraction of sp³-hybridized carbons (Fsp3) is 0.286. The van der Waals surface area contributed by atoms with Gasteiger partial charge in [0.15, 0.2) is 5.11 Å². The zero-order chi connectivity index (χ0) is 14.9. The molecule has 0 spiro atoms. The SMILES string of the molecule is CC1=C(C(=O)N(C)C)[C@@H](c2ccccc2Br)NC(=S)N1. The van der Waals surface area contributed by atoms with Crippen LogP contribution < -0.4 is 10.6 Å². The number of likely N-dealkylation sites (N-methyl/N-ethyl adjacent to an activating group) is 1. The van der Waals surface area contributed by atoms with Crippen LogP contribution in [-0.2, 0) is 4.79 Å². The molecule has 1 heterocycles. The highest BCUT2D eigenvalue weighted by Gasteiger charge is 2.31. The second-order valence-electron chi connectivity index (χ2n) is 4.79. The van der Waals surface area contributed by atoms with E-state index < -0.39 is 0 Å². The van der Waals surface area contributed by atoms with Crippen LogP contribution in [0, 0.1) is 0 Å². The monoisotopic (exact) mass is 353 g/mol. The molecule has 6 heteroatoms. The minimum absolute atomic E-state index is 0.0363. The Morgan fingerprint density at radius 2 is 2.00 bits per heavy atom. The number of thiocarbonyl (C=S) groups is 1. The van der Waals surface area contributed by atoms with E-state index in [4.69, 9.17) is 12.2 Å². The molecular weight excluding hydrogens is 338 g/mol. The van der Waals surface area contributed by atoms with E-state index in [1.54, 1.807) is 19.0 Å². The highest BCUT2D eigenvalue weighted by Crippen LogP contribution is 2.32. The summed E-state index contributed by atoms with van der Waals surface area (Å²) in [6.45, 7) is 1.87. The molecule has 1 aliphatic heterocycles. The van der Waals surface area contributed by atoms with Crippen LogP contribution in [0.2, 0.25) is 0 Å². The van der Waals surface area contributed by atoms with Gasteiger partial charge in [-0.05, 0) is 30.8 Å². The lowest BCUT2D eigenvalue weighted by Gasteiger charge is -2.32. The highest BCUT2D eigenvalue weighted by molar-refractivity contribution is 9.10. The van der Waals surface area contributed by atoms with Crippen molar-refractivity contribution in [3.8, 4) is 0 Å². The molecule has 106 valence electrons. The number of benzene rings is 1. The van der Waals surface area contributed by atoms with Gasteiger partial charge in [-0.3, -0.25) is 4.79 Å². The van der Waals surface area contributed by atoms with Crippen LogP contribution in [0.15, 0.2) is 40.0 Å². The molecule has 0 radical (unpaired) electrons. The van der Waals surface area contributed by atoms with E-state index >= 15 is 0 Å². The van der Waals surface area contributed by atoms with Crippen molar-refractivity contribution in [3.63, 3.8) is 0 Å². The molecule has 1 atom stereocenters. The van der Waals surface area contributed by atoms with E-state index in [9.17, 15) is 4.79 Å². The van der Waals surface area contributed by atoms with Crippen molar-refractivity contribution >= 4 is 39.2 Å². The number of carbonyl (C=O) groups is 1. The number of hydrogen-bond donors (Lipinski definition) is 2. The molecule has 1 aliphatic rings. The Hall–Kier alpha value is -1.40. The van der Waals surface area contributed by atoms with Crippen LogP contribution in [0.1, 0.15) is 18.5 Å². The smallest absolute Gasteiger partial charge is 0.253 e. The molecule has 0 saturated carbocycles. The van der Waals surface area contributed by atoms with Crippen molar-refractivity contribution in [3.05, 3.63) is 45.6 Å². The molecular formula is C14H16BrN3OS. The van der Waals surface area contributed by atoms with Gasteiger partial charge in [-0.2, -0.15) is 0 Å². The zero-order valence-electron chi connectivity index (χ0n) is 11.5. The third kappa shape index (κ3) is 2.86. The van der Waals surface area contributed by atoms with Gasteiger partial charge in [-0.1, -0.05) is 34.1 Å². The van der Waals surface area contributed by atoms with Crippen molar-refractivity contribution in [2.75, 3.05) is 14.1 Å². The predicted octanol–water partition coefficient (Wildman–Crippen LogP) is 2.33. The van der Waals surface area contributed by atoms with Gasteiger partial charge in [0.1, 0.15) is 0 Å². The molecule has 1 aromatic carbocycles. The largest absolute Gasteiger partial charge is 0.351 e. The molecule has 0 bridgehead atoms. The minimum atomic E-state index is -0.255. The first-order chi connectivity index (χ1) is 9.41. The van der Waals surface area contributed by atoms with Crippen molar-refractivity contribution in [1.29, 1.82) is 0 Å². The lowest BCUT2D eigenvalue weighted by Crippen LogP contribution is -2.46. The summed E-state index contributed by atoms with van der Waals surface area (Å²) in [6.07, 6.45) is 0. The third-order valence-electron chi connectivity index (χ3n) is 3.12. The molecule has 20 heavy (non-hydrogen) atoms. The Morgan fingerprint density at radius 3 is 2.60 bits per heavy atom. The second kappa shape index (κ2) is 5.93. The molecule has 0 unspecified atom stereocenters. The average molecular weight is 354 g/mol. The summed E-state index contributed by atoms with van der Waals surface area (Å²) in [4.78, 5) is 14.0. The summed E-state index contributed by atoms with van der Waals surface area (Å²) >= 11 is 8.75. The van der Waals surface area contributed by atoms with Crippen molar-refractivity contribution in [2.24, 2.45) is 0 Å². The standard InChI is InChI=1S/C14H16BrN3OS/c1-8-11(13(19)18(2)3)12(17-14(20)16-8)9-6-4-5-7-10(9)15/h4-7,12H,1-3H3,(H2,16,17,20)/t12-/m1/s1. The second-order valence-corrected chi connectivity index (χ2v) is 6.05. The molecule has 0 fully saturated rings. The zero-order valence-corrected chi connectivity index (χ0v) is 13.9. The molecule has 0 saturated heterocycles. The number of amides is 1. The van der Waals surface area contributed by atoms with Crippen LogP contribution in [0.5, 0.6) is 0 Å². The third-order valence-corrected chi connectivity index (χ3v) is 4.06. The fourth-order valence-corrected chi connectivity index (χ4v) is 2.95. The van der Waals surface area contributed by atoms with E-state index in [0.29, 0.717) is 10.7 Å². The Kier molecular flexibility index (Phi) is 4.45. The van der Waals surface area contributed by atoms with Crippen LogP contribution in [0.25, 0.3) is 0 Å². The molecule has 4 nitrogen and oxygen atoms in total. The minimum Gasteiger partial charge on any atom is -0.351 e. The van der Waals surface area contributed by atoms with Crippen molar-refractivity contribution < 1.29 is 4.79 Å². The lowest BCUT2D eigenvalue weighted by molar-refractivity contribution is -0.125. The van der Waals surface area contributed by atoms with Crippen LogP contribution in [0.4, 0.5) is 0 Å². The molecule has 2 N–H and O–H groups in total. The number of nitrogens with one attached hydrogen (secondary N) is 2. The van der Waals surface area contributed by atoms with Crippen molar-refractivity contribution in [1.82, 2.24) is 15.5 Å². The first kappa shape index (κ1) is 15.0. The van der Waals surface area contributed by atoms with E-state index in [1.807, 2.05) is 31.2 Å². The number of nitrogens with zero attached hydrogens (tertiary/aromatic N) is 1. The Labute approximate surface area is 132 Å². The number of rotatable bonds is 2. The quantitative estimate of drug-likeness (QED) is 0.801. The van der Waals surface area contributed by atoms with Gasteiger partial charge in [0.25, 0.3) is 5.91 Å². The summed E-state index contributed by atoms with van der Waals surface area (Å²) in [7, 11) is 3.49. The Bertz CT molecular complexity index is 598. The normalized spacial score (nSPS) is 18.4. The van der Waals surface area contributed by atoms with E-state index in [1.165, 1.54) is 0 Å². The first-order valence-corrected chi connectivity index (χ1v) is 7.36. The van der Waals surface area contributed by atoms with Gasteiger partial charge in [-0.25, -0.2) is 0 Å². The predicted molar refractivity (Wildman–Crippen MR) is 87.1 cm³/mol. The first-order valence-electron chi connectivity index (χ1n) is 6.16. The Morgan fingerprint density at radius 1 is 1.35 bits per heavy atom. The van der Waals surface area contributed by atoms with Gasteiger partial charge >= 0.3 is 0 Å². The van der Waals surface area contributed by atoms with Crippen LogP contribution in [-0.4, -0.2) is 30.0 Å². The van der Waals surface area contributed by atoms with E-state index in [0.717, 1.165) is 15.7 Å². The molecule has 1 aromatic rings. The van der Waals surface area contributed by atoms with Crippen molar-refractivity contribution in [2.45, 2.75) is 13.0 Å². The van der Waals surface area contributed by atoms with Crippen LogP contribution >= 0.6 is 28.1 Å². The lowest BCUT2D eigenvalue weighted by atomic mass is 9.95. The van der Waals surface area contributed by atoms with E-state index in [-0.39, 0.29) is 11.9 Å². The summed E-state index contributed by atoms with van der Waals surface area (Å²) in [5.74, 6) is -0.0363. The summed E-state index contributed by atoms with van der Waals surface area (Å²) in [5, 5.41) is 6.72. The molecule has 1 amide bonds. The van der Waals surface area contributed by atoms with Gasteiger partial charge in [0.05, 0.1) is 11.6 Å². The maximum Gasteiger partial charge on any atom is 0.253 e. The van der Waals surface area contributed by atoms with E-state index in [2.05, 4.69) is 26.6 Å². The van der Waals surface area contributed by atoms with Gasteiger partial charge in [0.2, 0.25) is 0 Å². The number of allylic oxidation sites excluding steroid dienone is 1. The molecule has 2 rings (SSSR count). The molecule has 0 aromatic heterocycles. The summed E-state index contributed by atoms with van der Waals surface area (Å²) in [6, 6.07) is 7.56. The van der Waals surface area contributed by atoms with Gasteiger partial charge in [0, 0.05) is 24.3 Å². The van der Waals surface area contributed by atoms with Gasteiger partial charge < -0.3 is 15.5 Å². The maximum atomic E-state index is 12.4. The summed E-state index contributed by atoms with van der Waals surface area (Å²) < 4.78 is 0.944. The average Bonchev–Trinajstić information content (AvgIpc) is 2.37. The molecule has 0 aliphatic carbocycles. The fourth-order valence-electron chi connectivity index (χ4n) is 2.16. The number of halogens is 1. The summed E-state index contributed by atoms with van der Waals surface area (Å²) in [5.41, 5.74) is 2.45. The van der Waals surface area contributed by atoms with Crippen LogP contribution in [0.3, 0.4) is 0 Å². The maximum absolute atomic E-state index is 12.4. The number of carbonyl (C=O) groups excluding carboxylic acids is 1. The topological polar surface area (TPSA) is 44.4 Å².